The molecule has 0 spiro atoms. The van der Waals surface area contributed by atoms with Crippen molar-refractivity contribution in [2.75, 3.05) is 6.61 Å². The topological polar surface area (TPSA) is 27.1 Å². The van der Waals surface area contributed by atoms with E-state index in [2.05, 4.69) is 102 Å². The molecule has 4 aromatic carbocycles. The number of rotatable bonds is 7. The summed E-state index contributed by atoms with van der Waals surface area (Å²) >= 11 is 0. The molecule has 5 rings (SSSR count). The molecule has 0 N–H and O–H groups in total. The van der Waals surface area contributed by atoms with Gasteiger partial charge in [-0.2, -0.15) is 0 Å². The van der Waals surface area contributed by atoms with E-state index in [0.29, 0.717) is 6.61 Å². The summed E-state index contributed by atoms with van der Waals surface area (Å²) in [6.07, 6.45) is 0. The first kappa shape index (κ1) is 20.1. The van der Waals surface area contributed by atoms with Crippen LogP contribution >= 0.6 is 0 Å². The van der Waals surface area contributed by atoms with Gasteiger partial charge in [0.2, 0.25) is 0 Å². The van der Waals surface area contributed by atoms with E-state index in [-0.39, 0.29) is 5.92 Å². The van der Waals surface area contributed by atoms with E-state index >= 15 is 0 Å². The van der Waals surface area contributed by atoms with Crippen molar-refractivity contribution < 1.29 is 4.74 Å². The predicted molar refractivity (Wildman–Crippen MR) is 130 cm³/mol. The lowest BCUT2D eigenvalue weighted by atomic mass is 9.90. The minimum atomic E-state index is 0.0452. The second-order valence-corrected chi connectivity index (χ2v) is 8.03. The van der Waals surface area contributed by atoms with E-state index in [1.807, 2.05) is 18.2 Å². The Hall–Kier alpha value is -3.85. The molecule has 1 aromatic heterocycles. The maximum Gasteiger partial charge on any atom is 0.122 e. The molecule has 0 amide bonds. The minimum absolute atomic E-state index is 0.0452. The zero-order chi connectivity index (χ0) is 21.8. The molecule has 158 valence electrons. The predicted octanol–water partition coefficient (Wildman–Crippen LogP) is 6.60. The molecule has 0 aliphatic rings. The molecule has 5 aromatic rings. The number of hydrogen-bond donors (Lipinski definition) is 0. The third kappa shape index (κ3) is 4.15. The van der Waals surface area contributed by atoms with Gasteiger partial charge in [-0.3, -0.25) is 0 Å². The van der Waals surface area contributed by atoms with E-state index in [4.69, 9.17) is 9.72 Å². The van der Waals surface area contributed by atoms with Crippen molar-refractivity contribution in [2.24, 2.45) is 0 Å². The highest BCUT2D eigenvalue weighted by molar-refractivity contribution is 5.76. The highest BCUT2D eigenvalue weighted by atomic mass is 16.5. The Morgan fingerprint density at radius 2 is 1.41 bits per heavy atom. The zero-order valence-corrected chi connectivity index (χ0v) is 18.2. The summed E-state index contributed by atoms with van der Waals surface area (Å²) in [5.74, 6) is 1.99. The molecule has 3 nitrogen and oxygen atoms in total. The lowest BCUT2D eigenvalue weighted by Crippen LogP contribution is -2.15. The molecule has 0 aliphatic carbocycles. The number of aryl methyl sites for hydroxylation is 1. The summed E-state index contributed by atoms with van der Waals surface area (Å²) < 4.78 is 8.42. The summed E-state index contributed by atoms with van der Waals surface area (Å²) in [7, 11) is 0. The monoisotopic (exact) mass is 418 g/mol. The molecular formula is C29H26N2O. The van der Waals surface area contributed by atoms with Crippen LogP contribution in [0.5, 0.6) is 5.75 Å². The summed E-state index contributed by atoms with van der Waals surface area (Å²) in [5.41, 5.74) is 5.80. The van der Waals surface area contributed by atoms with Gasteiger partial charge in [0.25, 0.3) is 0 Å². The van der Waals surface area contributed by atoms with Gasteiger partial charge in [0.1, 0.15) is 18.2 Å². The lowest BCUT2D eigenvalue weighted by molar-refractivity contribution is 0.298. The van der Waals surface area contributed by atoms with Crippen molar-refractivity contribution in [1.82, 2.24) is 9.55 Å². The quantitative estimate of drug-likeness (QED) is 0.298. The largest absolute Gasteiger partial charge is 0.492 e. The maximum atomic E-state index is 6.11. The van der Waals surface area contributed by atoms with E-state index in [1.54, 1.807) is 0 Å². The Balaban J connectivity index is 1.56. The summed E-state index contributed by atoms with van der Waals surface area (Å²) in [6, 6.07) is 37.8. The van der Waals surface area contributed by atoms with Gasteiger partial charge in [-0.15, -0.1) is 0 Å². The number of fused-ring (bicyclic) bond motifs is 1. The molecule has 3 heteroatoms. The van der Waals surface area contributed by atoms with E-state index < -0.39 is 0 Å². The van der Waals surface area contributed by atoms with Crippen LogP contribution in [0.3, 0.4) is 0 Å². The average Bonchev–Trinajstić information content (AvgIpc) is 3.19. The molecule has 0 aliphatic heterocycles. The van der Waals surface area contributed by atoms with Crippen LogP contribution in [0.1, 0.15) is 28.4 Å². The fourth-order valence-corrected chi connectivity index (χ4v) is 4.29. The van der Waals surface area contributed by atoms with Crippen LogP contribution in [0.15, 0.2) is 109 Å². The smallest absolute Gasteiger partial charge is 0.122 e. The molecular weight excluding hydrogens is 392 g/mol. The Morgan fingerprint density at radius 3 is 2.09 bits per heavy atom. The second-order valence-electron chi connectivity index (χ2n) is 8.03. The zero-order valence-electron chi connectivity index (χ0n) is 18.2. The molecule has 0 bridgehead atoms. The van der Waals surface area contributed by atoms with E-state index in [1.165, 1.54) is 16.7 Å². The first-order chi connectivity index (χ1) is 15.8. The number of nitrogens with zero attached hydrogens (tertiary/aromatic N) is 2. The molecule has 0 saturated carbocycles. The van der Waals surface area contributed by atoms with Crippen molar-refractivity contribution >= 4 is 11.0 Å². The number of aromatic nitrogens is 2. The van der Waals surface area contributed by atoms with E-state index in [0.717, 1.165) is 29.2 Å². The molecule has 1 heterocycles. The first-order valence-corrected chi connectivity index (χ1v) is 11.0. The van der Waals surface area contributed by atoms with Gasteiger partial charge >= 0.3 is 0 Å². The minimum Gasteiger partial charge on any atom is -0.492 e. The highest BCUT2D eigenvalue weighted by Gasteiger charge is 2.23. The van der Waals surface area contributed by atoms with Crippen LogP contribution in [-0.4, -0.2) is 16.2 Å². The van der Waals surface area contributed by atoms with Crippen molar-refractivity contribution in [3.05, 3.63) is 132 Å². The number of benzene rings is 4. The summed E-state index contributed by atoms with van der Waals surface area (Å²) in [6.45, 7) is 3.38. The fourth-order valence-electron chi connectivity index (χ4n) is 4.29. The van der Waals surface area contributed by atoms with Crippen LogP contribution in [-0.2, 0) is 6.54 Å². The van der Waals surface area contributed by atoms with Crippen molar-refractivity contribution in [3.63, 3.8) is 0 Å². The average molecular weight is 419 g/mol. The van der Waals surface area contributed by atoms with Gasteiger partial charge in [0.15, 0.2) is 0 Å². The maximum absolute atomic E-state index is 6.11. The lowest BCUT2D eigenvalue weighted by Gasteiger charge is -2.20. The van der Waals surface area contributed by atoms with Crippen LogP contribution in [0.4, 0.5) is 0 Å². The van der Waals surface area contributed by atoms with Crippen LogP contribution in [0.25, 0.3) is 11.0 Å². The number of ether oxygens (including phenoxy) is 1. The Labute approximate surface area is 188 Å². The van der Waals surface area contributed by atoms with Gasteiger partial charge < -0.3 is 9.30 Å². The molecule has 0 fully saturated rings. The Bertz CT molecular complexity index is 1270. The van der Waals surface area contributed by atoms with Gasteiger partial charge in [0, 0.05) is 0 Å². The first-order valence-electron chi connectivity index (χ1n) is 11.0. The van der Waals surface area contributed by atoms with Crippen molar-refractivity contribution in [2.45, 2.75) is 19.4 Å². The van der Waals surface area contributed by atoms with Gasteiger partial charge in [0.05, 0.1) is 23.5 Å². The third-order valence-electron chi connectivity index (χ3n) is 5.78. The van der Waals surface area contributed by atoms with Crippen molar-refractivity contribution in [1.29, 1.82) is 0 Å². The van der Waals surface area contributed by atoms with Crippen LogP contribution in [0.2, 0.25) is 0 Å². The molecule has 32 heavy (non-hydrogen) atoms. The molecule has 0 radical (unpaired) electrons. The Morgan fingerprint density at radius 1 is 0.750 bits per heavy atom. The van der Waals surface area contributed by atoms with Crippen molar-refractivity contribution in [3.8, 4) is 5.75 Å². The SMILES string of the molecule is Cc1cccc(OCCn2c(C(c3ccccc3)c3ccccc3)nc3ccccc32)c1. The van der Waals surface area contributed by atoms with Gasteiger partial charge in [-0.05, 0) is 47.9 Å². The standard InChI is InChI=1S/C29H26N2O/c1-22-11-10-16-25(21-22)32-20-19-31-27-18-9-8-17-26(27)30-29(31)28(23-12-4-2-5-13-23)24-14-6-3-7-15-24/h2-18,21,28H,19-20H2,1H3. The number of para-hydroxylation sites is 2. The van der Waals surface area contributed by atoms with Crippen LogP contribution in [0, 0.1) is 6.92 Å². The summed E-state index contributed by atoms with van der Waals surface area (Å²) in [5, 5.41) is 0. The molecule has 0 atom stereocenters. The van der Waals surface area contributed by atoms with Crippen LogP contribution < -0.4 is 4.74 Å². The summed E-state index contributed by atoms with van der Waals surface area (Å²) in [4.78, 5) is 5.11. The fraction of sp³-hybridized carbons (Fsp3) is 0.138. The Kier molecular flexibility index (Phi) is 5.71. The second kappa shape index (κ2) is 9.11. The number of hydrogen-bond acceptors (Lipinski definition) is 2. The molecule has 0 unspecified atom stereocenters. The third-order valence-corrected chi connectivity index (χ3v) is 5.78. The highest BCUT2D eigenvalue weighted by Crippen LogP contribution is 2.33. The van der Waals surface area contributed by atoms with Gasteiger partial charge in [-0.25, -0.2) is 4.98 Å². The normalized spacial score (nSPS) is 11.2. The van der Waals surface area contributed by atoms with E-state index in [9.17, 15) is 0 Å². The number of imidazole rings is 1. The molecule has 0 saturated heterocycles. The van der Waals surface area contributed by atoms with Gasteiger partial charge in [-0.1, -0.05) is 84.9 Å².